The summed E-state index contributed by atoms with van der Waals surface area (Å²) in [5.41, 5.74) is 1.10. The molecular weight excluding hydrogens is 310 g/mol. The smallest absolute Gasteiger partial charge is 0.181 e. The molecule has 136 valence electrons. The van der Waals surface area contributed by atoms with E-state index in [-0.39, 0.29) is 0 Å². The first-order chi connectivity index (χ1) is 12.2. The molecule has 25 heavy (non-hydrogen) atoms. The summed E-state index contributed by atoms with van der Waals surface area (Å²) in [6, 6.07) is 10.9. The Labute approximate surface area is 151 Å². The zero-order valence-electron chi connectivity index (χ0n) is 15.9. The molecule has 0 N–H and O–H groups in total. The van der Waals surface area contributed by atoms with Crippen molar-refractivity contribution in [3.05, 3.63) is 36.2 Å². The van der Waals surface area contributed by atoms with Crippen molar-refractivity contribution >= 4 is 0 Å². The summed E-state index contributed by atoms with van der Waals surface area (Å²) in [5, 5.41) is 4.76. The number of piperazine rings is 1. The van der Waals surface area contributed by atoms with Gasteiger partial charge in [-0.15, -0.1) is 0 Å². The maximum atomic E-state index is 4.85. The molecule has 0 amide bonds. The van der Waals surface area contributed by atoms with Gasteiger partial charge in [0.25, 0.3) is 0 Å². The van der Waals surface area contributed by atoms with E-state index in [4.69, 9.17) is 10.1 Å². The molecule has 0 aliphatic carbocycles. The zero-order chi connectivity index (χ0) is 17.6. The zero-order valence-corrected chi connectivity index (χ0v) is 15.9. The highest BCUT2D eigenvalue weighted by molar-refractivity contribution is 5.53. The Hall–Kier alpha value is -1.72. The molecule has 1 aliphatic rings. The van der Waals surface area contributed by atoms with Crippen LogP contribution in [-0.4, -0.2) is 63.8 Å². The SMILES string of the molecule is CCCn1nc(-c2ccccc2)nc1CCC(C)N1CCN(C)CC1. The van der Waals surface area contributed by atoms with Gasteiger partial charge in [0.2, 0.25) is 0 Å². The number of nitrogens with zero attached hydrogens (tertiary/aromatic N) is 5. The molecular formula is C20H31N5. The Morgan fingerprint density at radius 2 is 1.80 bits per heavy atom. The summed E-state index contributed by atoms with van der Waals surface area (Å²) in [7, 11) is 2.21. The Balaban J connectivity index is 1.65. The van der Waals surface area contributed by atoms with Crippen LogP contribution in [0.15, 0.2) is 30.3 Å². The third kappa shape index (κ3) is 4.67. The molecule has 1 atom stereocenters. The van der Waals surface area contributed by atoms with Gasteiger partial charge in [-0.2, -0.15) is 5.10 Å². The average Bonchev–Trinajstić information content (AvgIpc) is 3.04. The first kappa shape index (κ1) is 18.1. The van der Waals surface area contributed by atoms with Crippen LogP contribution in [0.4, 0.5) is 0 Å². The molecule has 2 aromatic rings. The fraction of sp³-hybridized carbons (Fsp3) is 0.600. The minimum absolute atomic E-state index is 0.598. The lowest BCUT2D eigenvalue weighted by Crippen LogP contribution is -2.48. The first-order valence-corrected chi connectivity index (χ1v) is 9.59. The highest BCUT2D eigenvalue weighted by Crippen LogP contribution is 2.17. The number of aryl methyl sites for hydroxylation is 2. The van der Waals surface area contributed by atoms with Crippen LogP contribution in [0.3, 0.4) is 0 Å². The number of aromatic nitrogens is 3. The predicted molar refractivity (Wildman–Crippen MR) is 103 cm³/mol. The van der Waals surface area contributed by atoms with E-state index in [0.717, 1.165) is 43.0 Å². The number of likely N-dealkylation sites (N-methyl/N-ethyl adjacent to an activating group) is 1. The lowest BCUT2D eigenvalue weighted by atomic mass is 10.1. The second-order valence-corrected chi connectivity index (χ2v) is 7.17. The number of rotatable bonds is 7. The Morgan fingerprint density at radius 1 is 1.08 bits per heavy atom. The van der Waals surface area contributed by atoms with Crippen molar-refractivity contribution < 1.29 is 0 Å². The summed E-state index contributed by atoms with van der Waals surface area (Å²) >= 11 is 0. The maximum Gasteiger partial charge on any atom is 0.181 e. The van der Waals surface area contributed by atoms with Crippen LogP contribution in [0.5, 0.6) is 0 Å². The van der Waals surface area contributed by atoms with E-state index in [1.165, 1.54) is 26.2 Å². The van der Waals surface area contributed by atoms with Crippen molar-refractivity contribution in [2.24, 2.45) is 0 Å². The standard InChI is InChI=1S/C20H31N5/c1-4-12-25-19(21-20(22-25)18-8-6-5-7-9-18)11-10-17(2)24-15-13-23(3)14-16-24/h5-9,17H,4,10-16H2,1-3H3. The molecule has 1 unspecified atom stereocenters. The van der Waals surface area contributed by atoms with Gasteiger partial charge in [0, 0.05) is 50.7 Å². The fourth-order valence-corrected chi connectivity index (χ4v) is 3.44. The molecule has 5 heteroatoms. The van der Waals surface area contributed by atoms with Crippen LogP contribution in [0, 0.1) is 0 Å². The van der Waals surface area contributed by atoms with Gasteiger partial charge in [-0.05, 0) is 26.8 Å². The van der Waals surface area contributed by atoms with E-state index >= 15 is 0 Å². The van der Waals surface area contributed by atoms with Crippen molar-refractivity contribution in [3.63, 3.8) is 0 Å². The predicted octanol–water partition coefficient (Wildman–Crippen LogP) is 2.92. The summed E-state index contributed by atoms with van der Waals surface area (Å²) in [6.07, 6.45) is 3.21. The molecule has 1 aromatic carbocycles. The topological polar surface area (TPSA) is 37.2 Å². The summed E-state index contributed by atoms with van der Waals surface area (Å²) in [4.78, 5) is 9.87. The third-order valence-electron chi connectivity index (χ3n) is 5.16. The Morgan fingerprint density at radius 3 is 2.48 bits per heavy atom. The number of hydrogen-bond acceptors (Lipinski definition) is 4. The molecule has 2 heterocycles. The van der Waals surface area contributed by atoms with Crippen LogP contribution < -0.4 is 0 Å². The number of benzene rings is 1. The quantitative estimate of drug-likeness (QED) is 0.776. The van der Waals surface area contributed by atoms with Gasteiger partial charge in [0.1, 0.15) is 5.82 Å². The largest absolute Gasteiger partial charge is 0.304 e. The summed E-state index contributed by atoms with van der Waals surface area (Å²) < 4.78 is 2.11. The minimum atomic E-state index is 0.598. The molecule has 0 bridgehead atoms. The molecule has 0 spiro atoms. The second kappa shape index (κ2) is 8.59. The van der Waals surface area contributed by atoms with Gasteiger partial charge in [-0.25, -0.2) is 9.67 Å². The van der Waals surface area contributed by atoms with Gasteiger partial charge in [-0.3, -0.25) is 4.90 Å². The van der Waals surface area contributed by atoms with E-state index in [0.29, 0.717) is 6.04 Å². The second-order valence-electron chi connectivity index (χ2n) is 7.17. The molecule has 3 rings (SSSR count). The van der Waals surface area contributed by atoms with Crippen LogP contribution in [0.2, 0.25) is 0 Å². The molecule has 0 saturated carbocycles. The Bertz CT molecular complexity index is 643. The van der Waals surface area contributed by atoms with Gasteiger partial charge in [0.15, 0.2) is 5.82 Å². The summed E-state index contributed by atoms with van der Waals surface area (Å²) in [5.74, 6) is 1.98. The van der Waals surface area contributed by atoms with Gasteiger partial charge >= 0.3 is 0 Å². The van der Waals surface area contributed by atoms with Crippen LogP contribution in [-0.2, 0) is 13.0 Å². The van der Waals surface area contributed by atoms with E-state index in [1.807, 2.05) is 18.2 Å². The third-order valence-corrected chi connectivity index (χ3v) is 5.16. The summed E-state index contributed by atoms with van der Waals surface area (Å²) in [6.45, 7) is 10.2. The molecule has 1 saturated heterocycles. The maximum absolute atomic E-state index is 4.85. The monoisotopic (exact) mass is 341 g/mol. The van der Waals surface area contributed by atoms with Crippen molar-refractivity contribution in [2.45, 2.75) is 45.7 Å². The molecule has 1 fully saturated rings. The normalized spacial score (nSPS) is 17.7. The molecule has 5 nitrogen and oxygen atoms in total. The highest BCUT2D eigenvalue weighted by atomic mass is 15.3. The number of hydrogen-bond donors (Lipinski definition) is 0. The van der Waals surface area contributed by atoms with Crippen LogP contribution >= 0.6 is 0 Å². The van der Waals surface area contributed by atoms with E-state index in [2.05, 4.69) is 47.5 Å². The van der Waals surface area contributed by atoms with E-state index < -0.39 is 0 Å². The first-order valence-electron chi connectivity index (χ1n) is 9.59. The highest BCUT2D eigenvalue weighted by Gasteiger charge is 2.20. The van der Waals surface area contributed by atoms with Gasteiger partial charge in [-0.1, -0.05) is 37.3 Å². The van der Waals surface area contributed by atoms with Crippen molar-refractivity contribution in [2.75, 3.05) is 33.2 Å². The molecule has 0 radical (unpaired) electrons. The average molecular weight is 342 g/mol. The lowest BCUT2D eigenvalue weighted by Gasteiger charge is -2.36. The fourth-order valence-electron chi connectivity index (χ4n) is 3.44. The van der Waals surface area contributed by atoms with Crippen molar-refractivity contribution in [1.82, 2.24) is 24.6 Å². The van der Waals surface area contributed by atoms with Crippen LogP contribution in [0.1, 0.15) is 32.5 Å². The lowest BCUT2D eigenvalue weighted by molar-refractivity contribution is 0.114. The van der Waals surface area contributed by atoms with Crippen molar-refractivity contribution in [3.8, 4) is 11.4 Å². The molecule has 1 aliphatic heterocycles. The van der Waals surface area contributed by atoms with Crippen LogP contribution in [0.25, 0.3) is 11.4 Å². The van der Waals surface area contributed by atoms with Gasteiger partial charge < -0.3 is 4.90 Å². The van der Waals surface area contributed by atoms with Gasteiger partial charge in [0.05, 0.1) is 0 Å². The molecule has 1 aromatic heterocycles. The van der Waals surface area contributed by atoms with E-state index in [1.54, 1.807) is 0 Å². The van der Waals surface area contributed by atoms with Crippen molar-refractivity contribution in [1.29, 1.82) is 0 Å². The van der Waals surface area contributed by atoms with E-state index in [9.17, 15) is 0 Å². The minimum Gasteiger partial charge on any atom is -0.304 e. The Kier molecular flexibility index (Phi) is 6.21.